The van der Waals surface area contributed by atoms with Crippen molar-refractivity contribution in [2.75, 3.05) is 11.4 Å². The van der Waals surface area contributed by atoms with Crippen LogP contribution in [0.3, 0.4) is 0 Å². The standard InChI is InChI=1S/C25H22N4O6/c1-14-6-7-17-16(10-14)12-18(26-17)24(33)27-19-11-15-4-2-3-5-20(15)28(25(19)34)13-23(32)35-29-21(30)8-9-22(29)31/h2-10,12,19,26,30-31H,11,13H2,1H3,(H,27,33). The number of carbonyl (C=O) groups excluding carboxylic acids is 3. The zero-order valence-corrected chi connectivity index (χ0v) is 18.7. The van der Waals surface area contributed by atoms with E-state index in [0.717, 1.165) is 34.2 Å². The van der Waals surface area contributed by atoms with E-state index in [1.54, 1.807) is 24.3 Å². The monoisotopic (exact) mass is 474 g/mol. The minimum absolute atomic E-state index is 0.255. The molecular weight excluding hydrogens is 452 g/mol. The average molecular weight is 474 g/mol. The van der Waals surface area contributed by atoms with E-state index in [9.17, 15) is 24.6 Å². The van der Waals surface area contributed by atoms with Gasteiger partial charge in [0.1, 0.15) is 18.3 Å². The van der Waals surface area contributed by atoms with Crippen molar-refractivity contribution < 1.29 is 29.4 Å². The van der Waals surface area contributed by atoms with Crippen molar-refractivity contribution in [3.8, 4) is 11.8 Å². The lowest BCUT2D eigenvalue weighted by atomic mass is 9.97. The second-order valence-corrected chi connectivity index (χ2v) is 8.36. The van der Waals surface area contributed by atoms with Gasteiger partial charge in [0.05, 0.1) is 0 Å². The van der Waals surface area contributed by atoms with Crippen molar-refractivity contribution in [3.63, 3.8) is 0 Å². The summed E-state index contributed by atoms with van der Waals surface area (Å²) in [4.78, 5) is 48.2. The molecule has 10 heteroatoms. The summed E-state index contributed by atoms with van der Waals surface area (Å²) in [5.74, 6) is -2.77. The summed E-state index contributed by atoms with van der Waals surface area (Å²) < 4.78 is 0.555. The third kappa shape index (κ3) is 4.17. The molecule has 0 aliphatic carbocycles. The Bertz CT molecular complexity index is 1450. The molecule has 4 N–H and O–H groups in total. The summed E-state index contributed by atoms with van der Waals surface area (Å²) in [5.41, 5.74) is 3.47. The summed E-state index contributed by atoms with van der Waals surface area (Å²) in [6.07, 6.45) is 0.255. The lowest BCUT2D eigenvalue weighted by Crippen LogP contribution is -2.54. The Kier molecular flexibility index (Phi) is 5.40. The topological polar surface area (TPSA) is 137 Å². The predicted octanol–water partition coefficient (Wildman–Crippen LogP) is 2.03. The number of fused-ring (bicyclic) bond motifs is 2. The fourth-order valence-electron chi connectivity index (χ4n) is 4.20. The van der Waals surface area contributed by atoms with Crippen LogP contribution in [0.15, 0.2) is 60.7 Å². The second-order valence-electron chi connectivity index (χ2n) is 8.36. The van der Waals surface area contributed by atoms with Gasteiger partial charge in [0.2, 0.25) is 17.7 Å². The highest BCUT2D eigenvalue weighted by molar-refractivity contribution is 6.07. The van der Waals surface area contributed by atoms with Gasteiger partial charge in [-0.25, -0.2) is 4.79 Å². The lowest BCUT2D eigenvalue weighted by molar-refractivity contribution is -0.144. The molecule has 5 rings (SSSR count). The molecule has 2 aromatic carbocycles. The zero-order valence-electron chi connectivity index (χ0n) is 18.7. The normalized spacial score (nSPS) is 15.2. The molecule has 0 bridgehead atoms. The fourth-order valence-corrected chi connectivity index (χ4v) is 4.20. The number of nitrogens with one attached hydrogen (secondary N) is 2. The molecule has 0 fully saturated rings. The van der Waals surface area contributed by atoms with Gasteiger partial charge in [-0.05, 0) is 36.8 Å². The maximum atomic E-state index is 13.3. The number of aromatic nitrogens is 2. The third-order valence-electron chi connectivity index (χ3n) is 5.87. The maximum absolute atomic E-state index is 13.3. The Morgan fingerprint density at radius 3 is 2.60 bits per heavy atom. The van der Waals surface area contributed by atoms with Crippen LogP contribution in [-0.2, 0) is 16.0 Å². The number of carbonyl (C=O) groups is 3. The Morgan fingerprint density at radius 2 is 1.83 bits per heavy atom. The van der Waals surface area contributed by atoms with Crippen LogP contribution in [0.1, 0.15) is 21.6 Å². The number of aryl methyl sites for hydroxylation is 1. The summed E-state index contributed by atoms with van der Waals surface area (Å²) in [6.45, 7) is 1.47. The van der Waals surface area contributed by atoms with Crippen molar-refractivity contribution in [2.24, 2.45) is 0 Å². The minimum atomic E-state index is -0.910. The maximum Gasteiger partial charge on any atom is 0.352 e. The average Bonchev–Trinajstić information content (AvgIpc) is 3.39. The number of anilines is 1. The van der Waals surface area contributed by atoms with Crippen LogP contribution in [0.25, 0.3) is 10.9 Å². The Hall–Kier alpha value is -4.73. The summed E-state index contributed by atoms with van der Waals surface area (Å²) in [7, 11) is 0. The van der Waals surface area contributed by atoms with E-state index in [4.69, 9.17) is 4.84 Å². The van der Waals surface area contributed by atoms with Crippen LogP contribution in [-0.4, -0.2) is 50.3 Å². The molecule has 1 aliphatic rings. The molecule has 35 heavy (non-hydrogen) atoms. The Labute approximate surface area is 199 Å². The minimum Gasteiger partial charge on any atom is -0.492 e. The zero-order chi connectivity index (χ0) is 24.7. The van der Waals surface area contributed by atoms with Gasteiger partial charge in [-0.15, -0.1) is 4.73 Å². The Balaban J connectivity index is 1.37. The van der Waals surface area contributed by atoms with Crippen molar-refractivity contribution in [2.45, 2.75) is 19.4 Å². The predicted molar refractivity (Wildman–Crippen MR) is 126 cm³/mol. The van der Waals surface area contributed by atoms with E-state index >= 15 is 0 Å². The number of aromatic amines is 1. The Morgan fingerprint density at radius 1 is 1.09 bits per heavy atom. The summed E-state index contributed by atoms with van der Waals surface area (Å²) >= 11 is 0. The van der Waals surface area contributed by atoms with Crippen molar-refractivity contribution in [1.29, 1.82) is 0 Å². The van der Waals surface area contributed by atoms with Gasteiger partial charge in [0.15, 0.2) is 0 Å². The van der Waals surface area contributed by atoms with E-state index in [1.165, 1.54) is 4.90 Å². The first-order chi connectivity index (χ1) is 16.8. The van der Waals surface area contributed by atoms with E-state index < -0.39 is 42.1 Å². The van der Waals surface area contributed by atoms with Gasteiger partial charge in [0, 0.05) is 35.1 Å². The van der Waals surface area contributed by atoms with Gasteiger partial charge in [-0.1, -0.05) is 29.8 Å². The number of hydrogen-bond acceptors (Lipinski definition) is 6. The molecule has 10 nitrogen and oxygen atoms in total. The number of amides is 2. The molecule has 0 radical (unpaired) electrons. The molecule has 2 aromatic heterocycles. The van der Waals surface area contributed by atoms with E-state index in [-0.39, 0.29) is 6.42 Å². The quantitative estimate of drug-likeness (QED) is 0.349. The molecular formula is C25H22N4O6. The SMILES string of the molecule is Cc1ccc2[nH]c(C(=O)NC3Cc4ccccc4N(CC(=O)On4c(O)ccc4O)C3=O)cc2c1. The molecule has 3 heterocycles. The van der Waals surface area contributed by atoms with Crippen LogP contribution in [0.5, 0.6) is 11.8 Å². The summed E-state index contributed by atoms with van der Waals surface area (Å²) in [6, 6.07) is 16.0. The second kappa shape index (κ2) is 8.56. The molecule has 1 unspecified atom stereocenters. The smallest absolute Gasteiger partial charge is 0.352 e. The molecule has 1 atom stereocenters. The first kappa shape index (κ1) is 22.1. The molecule has 1 aliphatic heterocycles. The van der Waals surface area contributed by atoms with Gasteiger partial charge >= 0.3 is 5.97 Å². The third-order valence-corrected chi connectivity index (χ3v) is 5.87. The van der Waals surface area contributed by atoms with Crippen molar-refractivity contribution in [1.82, 2.24) is 15.0 Å². The van der Waals surface area contributed by atoms with E-state index in [2.05, 4.69) is 10.3 Å². The van der Waals surface area contributed by atoms with Crippen LogP contribution < -0.4 is 15.1 Å². The number of benzene rings is 2. The molecule has 0 saturated heterocycles. The van der Waals surface area contributed by atoms with Crippen LogP contribution in [0.2, 0.25) is 0 Å². The molecule has 4 aromatic rings. The van der Waals surface area contributed by atoms with Gasteiger partial charge in [0.25, 0.3) is 5.91 Å². The fraction of sp³-hybridized carbons (Fsp3) is 0.160. The molecule has 0 saturated carbocycles. The number of rotatable bonds is 5. The highest BCUT2D eigenvalue weighted by atomic mass is 16.7. The first-order valence-electron chi connectivity index (χ1n) is 10.9. The van der Waals surface area contributed by atoms with Gasteiger partial charge < -0.3 is 25.4 Å². The summed E-state index contributed by atoms with van der Waals surface area (Å²) in [5, 5.41) is 23.1. The van der Waals surface area contributed by atoms with Crippen LogP contribution in [0, 0.1) is 6.92 Å². The van der Waals surface area contributed by atoms with E-state index in [1.807, 2.05) is 31.2 Å². The van der Waals surface area contributed by atoms with Crippen molar-refractivity contribution >= 4 is 34.4 Å². The highest BCUT2D eigenvalue weighted by Crippen LogP contribution is 2.28. The largest absolute Gasteiger partial charge is 0.492 e. The van der Waals surface area contributed by atoms with Gasteiger partial charge in [-0.3, -0.25) is 14.5 Å². The number of hydrogen-bond donors (Lipinski definition) is 4. The molecule has 0 spiro atoms. The van der Waals surface area contributed by atoms with Crippen LogP contribution in [0.4, 0.5) is 5.69 Å². The number of aromatic hydroxyl groups is 2. The number of nitrogens with zero attached hydrogens (tertiary/aromatic N) is 2. The van der Waals surface area contributed by atoms with E-state index in [0.29, 0.717) is 16.1 Å². The van der Waals surface area contributed by atoms with Crippen molar-refractivity contribution in [3.05, 3.63) is 77.5 Å². The van der Waals surface area contributed by atoms with Gasteiger partial charge in [-0.2, -0.15) is 0 Å². The number of para-hydroxylation sites is 1. The first-order valence-corrected chi connectivity index (χ1v) is 10.9. The lowest BCUT2D eigenvalue weighted by Gasteiger charge is -2.33. The highest BCUT2D eigenvalue weighted by Gasteiger charge is 2.35. The molecule has 178 valence electrons. The number of H-pyrrole nitrogens is 1. The van der Waals surface area contributed by atoms with Crippen LogP contribution >= 0.6 is 0 Å². The molecule has 2 amide bonds.